The lowest BCUT2D eigenvalue weighted by Crippen LogP contribution is -2.31. The molecule has 0 aliphatic rings. The molecule has 0 saturated carbocycles. The van der Waals surface area contributed by atoms with Crippen LogP contribution in [0, 0.1) is 0 Å². The number of nitrogens with one attached hydrogen (secondary N) is 1. The van der Waals surface area contributed by atoms with Crippen LogP contribution < -0.4 is 5.32 Å². The number of hydrogen-bond acceptors (Lipinski definition) is 3. The summed E-state index contributed by atoms with van der Waals surface area (Å²) >= 11 is 0. The maximum atomic E-state index is 12.3. The summed E-state index contributed by atoms with van der Waals surface area (Å²) in [5.41, 5.74) is 3.04. The Kier molecular flexibility index (Phi) is 6.57. The number of likely N-dealkylation sites (N-methyl/N-ethyl adjacent to an activating group) is 1. The highest BCUT2D eigenvalue weighted by molar-refractivity contribution is 5.96. The molecule has 2 aromatic carbocycles. The number of carboxylic acids is 1. The van der Waals surface area contributed by atoms with Gasteiger partial charge in [0.25, 0.3) is 11.8 Å². The highest BCUT2D eigenvalue weighted by Crippen LogP contribution is 2.22. The number of aliphatic carboxylic acids is 1. The molecule has 148 valence electrons. The van der Waals surface area contributed by atoms with Crippen molar-refractivity contribution in [2.24, 2.45) is 0 Å². The molecule has 6 heteroatoms. The SMILES string of the molecule is CN(CC(=O)O)C(=O)c1ccc(CNC(=O)c2ccc(C(C)(C)C)cc2)cc1. The topological polar surface area (TPSA) is 86.7 Å². The first-order valence-electron chi connectivity index (χ1n) is 9.03. The normalized spacial score (nSPS) is 11.0. The number of carbonyl (C=O) groups is 3. The van der Waals surface area contributed by atoms with Crippen molar-refractivity contribution in [3.63, 3.8) is 0 Å². The van der Waals surface area contributed by atoms with Crippen molar-refractivity contribution >= 4 is 17.8 Å². The van der Waals surface area contributed by atoms with E-state index in [0.29, 0.717) is 17.7 Å². The second-order valence-corrected chi connectivity index (χ2v) is 7.76. The van der Waals surface area contributed by atoms with Gasteiger partial charge in [-0.05, 0) is 40.8 Å². The molecule has 6 nitrogen and oxygen atoms in total. The van der Waals surface area contributed by atoms with Crippen molar-refractivity contribution in [2.45, 2.75) is 32.7 Å². The summed E-state index contributed by atoms with van der Waals surface area (Å²) in [6, 6.07) is 14.3. The Morgan fingerprint density at radius 2 is 1.46 bits per heavy atom. The molecule has 0 aromatic heterocycles. The molecule has 2 rings (SSSR count). The molecule has 0 atom stereocenters. The van der Waals surface area contributed by atoms with Gasteiger partial charge in [-0.3, -0.25) is 14.4 Å². The molecule has 2 amide bonds. The molecule has 2 aromatic rings. The van der Waals surface area contributed by atoms with Gasteiger partial charge in [-0.1, -0.05) is 45.0 Å². The van der Waals surface area contributed by atoms with Crippen LogP contribution in [0.5, 0.6) is 0 Å². The number of hydrogen-bond donors (Lipinski definition) is 2. The van der Waals surface area contributed by atoms with E-state index in [1.54, 1.807) is 24.3 Å². The zero-order valence-corrected chi connectivity index (χ0v) is 16.7. The number of amides is 2. The third-order valence-electron chi connectivity index (χ3n) is 4.39. The van der Waals surface area contributed by atoms with Gasteiger partial charge in [0.15, 0.2) is 0 Å². The first-order valence-corrected chi connectivity index (χ1v) is 9.03. The fourth-order valence-electron chi connectivity index (χ4n) is 2.67. The second-order valence-electron chi connectivity index (χ2n) is 7.76. The van der Waals surface area contributed by atoms with E-state index < -0.39 is 5.97 Å². The highest BCUT2D eigenvalue weighted by atomic mass is 16.4. The molecular formula is C22H26N2O4. The molecule has 0 aliphatic carbocycles. The van der Waals surface area contributed by atoms with E-state index in [9.17, 15) is 14.4 Å². The highest BCUT2D eigenvalue weighted by Gasteiger charge is 2.15. The van der Waals surface area contributed by atoms with Crippen LogP contribution in [0.3, 0.4) is 0 Å². The Balaban J connectivity index is 1.95. The third kappa shape index (κ3) is 5.67. The fraction of sp³-hybridized carbons (Fsp3) is 0.318. The van der Waals surface area contributed by atoms with Crippen molar-refractivity contribution in [2.75, 3.05) is 13.6 Å². The average Bonchev–Trinajstić information content (AvgIpc) is 2.64. The molecule has 0 fully saturated rings. The lowest BCUT2D eigenvalue weighted by atomic mass is 9.87. The number of nitrogens with zero attached hydrogens (tertiary/aromatic N) is 1. The van der Waals surface area contributed by atoms with Crippen molar-refractivity contribution < 1.29 is 19.5 Å². The van der Waals surface area contributed by atoms with E-state index in [-0.39, 0.29) is 23.8 Å². The van der Waals surface area contributed by atoms with Gasteiger partial charge in [-0.2, -0.15) is 0 Å². The van der Waals surface area contributed by atoms with E-state index in [1.807, 2.05) is 24.3 Å². The van der Waals surface area contributed by atoms with E-state index in [1.165, 1.54) is 7.05 Å². The Hall–Kier alpha value is -3.15. The maximum Gasteiger partial charge on any atom is 0.323 e. The minimum atomic E-state index is -1.06. The summed E-state index contributed by atoms with van der Waals surface area (Å²) in [6.07, 6.45) is 0. The van der Waals surface area contributed by atoms with Crippen LogP contribution in [0.25, 0.3) is 0 Å². The van der Waals surface area contributed by atoms with Gasteiger partial charge >= 0.3 is 5.97 Å². The quantitative estimate of drug-likeness (QED) is 0.804. The van der Waals surface area contributed by atoms with Gasteiger partial charge in [0.1, 0.15) is 6.54 Å². The lowest BCUT2D eigenvalue weighted by Gasteiger charge is -2.19. The summed E-state index contributed by atoms with van der Waals surface area (Å²) in [4.78, 5) is 36.3. The molecule has 0 unspecified atom stereocenters. The van der Waals surface area contributed by atoms with Crippen LogP contribution in [0.4, 0.5) is 0 Å². The van der Waals surface area contributed by atoms with E-state index in [2.05, 4.69) is 26.1 Å². The Morgan fingerprint density at radius 1 is 0.929 bits per heavy atom. The van der Waals surface area contributed by atoms with Crippen LogP contribution in [0.2, 0.25) is 0 Å². The number of carboxylic acid groups (broad SMARTS) is 1. The molecule has 0 spiro atoms. The third-order valence-corrected chi connectivity index (χ3v) is 4.39. The van der Waals surface area contributed by atoms with Crippen molar-refractivity contribution in [3.8, 4) is 0 Å². The number of carbonyl (C=O) groups excluding carboxylic acids is 2. The van der Waals surface area contributed by atoms with Gasteiger partial charge < -0.3 is 15.3 Å². The Morgan fingerprint density at radius 3 is 1.96 bits per heavy atom. The van der Waals surface area contributed by atoms with E-state index in [4.69, 9.17) is 5.11 Å². The van der Waals surface area contributed by atoms with Crippen molar-refractivity contribution in [3.05, 3.63) is 70.8 Å². The summed E-state index contributed by atoms with van der Waals surface area (Å²) in [7, 11) is 1.44. The lowest BCUT2D eigenvalue weighted by molar-refractivity contribution is -0.137. The standard InChI is InChI=1S/C22H26N2O4/c1-22(2,3)18-11-9-16(10-12-18)20(27)23-13-15-5-7-17(8-6-15)21(28)24(4)14-19(25)26/h5-12H,13-14H2,1-4H3,(H,23,27)(H,25,26). The first kappa shape index (κ1) is 21.2. The monoisotopic (exact) mass is 382 g/mol. The number of benzene rings is 2. The molecule has 2 N–H and O–H groups in total. The summed E-state index contributed by atoms with van der Waals surface area (Å²) in [5, 5.41) is 11.6. The molecule has 0 heterocycles. The van der Waals surface area contributed by atoms with Crippen LogP contribution in [0.1, 0.15) is 52.6 Å². The van der Waals surface area contributed by atoms with Gasteiger partial charge in [0.05, 0.1) is 0 Å². The van der Waals surface area contributed by atoms with Crippen LogP contribution in [-0.4, -0.2) is 41.4 Å². The predicted octanol–water partition coefficient (Wildman–Crippen LogP) is 3.07. The van der Waals surface area contributed by atoms with Gasteiger partial charge in [0.2, 0.25) is 0 Å². The van der Waals surface area contributed by atoms with Crippen molar-refractivity contribution in [1.82, 2.24) is 10.2 Å². The second kappa shape index (κ2) is 8.69. The predicted molar refractivity (Wildman–Crippen MR) is 107 cm³/mol. The van der Waals surface area contributed by atoms with E-state index in [0.717, 1.165) is 16.0 Å². The van der Waals surface area contributed by atoms with Gasteiger partial charge in [-0.25, -0.2) is 0 Å². The molecule has 0 saturated heterocycles. The summed E-state index contributed by atoms with van der Waals surface area (Å²) in [5.74, 6) is -1.59. The zero-order chi connectivity index (χ0) is 20.9. The largest absolute Gasteiger partial charge is 0.480 e. The first-order chi connectivity index (χ1) is 13.1. The Bertz CT molecular complexity index is 850. The van der Waals surface area contributed by atoms with Crippen LogP contribution in [-0.2, 0) is 16.8 Å². The zero-order valence-electron chi connectivity index (χ0n) is 16.7. The van der Waals surface area contributed by atoms with Gasteiger partial charge in [0, 0.05) is 24.7 Å². The fourth-order valence-corrected chi connectivity index (χ4v) is 2.67. The molecule has 0 aliphatic heterocycles. The van der Waals surface area contributed by atoms with Crippen LogP contribution >= 0.6 is 0 Å². The molecular weight excluding hydrogens is 356 g/mol. The average molecular weight is 382 g/mol. The molecule has 0 radical (unpaired) electrons. The maximum absolute atomic E-state index is 12.3. The van der Waals surface area contributed by atoms with Crippen molar-refractivity contribution in [1.29, 1.82) is 0 Å². The summed E-state index contributed by atoms with van der Waals surface area (Å²) < 4.78 is 0. The smallest absolute Gasteiger partial charge is 0.323 e. The number of rotatable bonds is 6. The van der Waals surface area contributed by atoms with Crippen LogP contribution in [0.15, 0.2) is 48.5 Å². The molecule has 28 heavy (non-hydrogen) atoms. The minimum absolute atomic E-state index is 0.0344. The molecule has 0 bridgehead atoms. The Labute approximate surface area is 165 Å². The minimum Gasteiger partial charge on any atom is -0.480 e. The van der Waals surface area contributed by atoms with Gasteiger partial charge in [-0.15, -0.1) is 0 Å². The summed E-state index contributed by atoms with van der Waals surface area (Å²) in [6.45, 7) is 6.34. The van der Waals surface area contributed by atoms with E-state index >= 15 is 0 Å².